The Balaban J connectivity index is 0.000000476. The van der Waals surface area contributed by atoms with Crippen LogP contribution in [0, 0.1) is 37.1 Å². The number of rotatable bonds is 25. The molecule has 8 aromatic rings. The van der Waals surface area contributed by atoms with E-state index in [-0.39, 0.29) is 139 Å². The average Bonchev–Trinajstić information content (AvgIpc) is 0.764. The summed E-state index contributed by atoms with van der Waals surface area (Å²) in [5.74, 6) is -5.04. The van der Waals surface area contributed by atoms with Gasteiger partial charge in [0.2, 0.25) is 0 Å². The van der Waals surface area contributed by atoms with E-state index in [1.807, 2.05) is 0 Å². The summed E-state index contributed by atoms with van der Waals surface area (Å²) in [4.78, 5) is 78.7. The van der Waals surface area contributed by atoms with Crippen LogP contribution in [-0.4, -0.2) is 69.9 Å². The van der Waals surface area contributed by atoms with Gasteiger partial charge in [0.1, 0.15) is 11.6 Å². The molecule has 2 atom stereocenters. The van der Waals surface area contributed by atoms with Gasteiger partial charge in [-0.25, -0.2) is 27.2 Å². The van der Waals surface area contributed by atoms with E-state index < -0.39 is 106 Å². The van der Waals surface area contributed by atoms with Gasteiger partial charge >= 0.3 is 59.3 Å². The van der Waals surface area contributed by atoms with Crippen molar-refractivity contribution in [2.24, 2.45) is 0 Å². The first-order valence-electron chi connectivity index (χ1n) is 28.5. The van der Waals surface area contributed by atoms with E-state index in [2.05, 4.69) is 10.6 Å². The number of alkyl halides is 6. The third-order valence-electron chi connectivity index (χ3n) is 15.0. The average molecular weight is 1350 g/mol. The number of halogens is 10. The number of nitrogens with one attached hydrogen (secondary N) is 2. The van der Waals surface area contributed by atoms with Crippen LogP contribution in [0.5, 0.6) is 11.5 Å². The molecular weight excluding hydrogens is 1280 g/mol. The van der Waals surface area contributed by atoms with Crippen molar-refractivity contribution in [3.63, 3.8) is 0 Å². The van der Waals surface area contributed by atoms with Gasteiger partial charge in [-0.1, -0.05) is 111 Å². The number of nitrogens with zero attached hydrogens (tertiary/aromatic N) is 4. The summed E-state index contributed by atoms with van der Waals surface area (Å²) in [5.41, 5.74) is -8.15. The predicted molar refractivity (Wildman–Crippen MR) is 333 cm³/mol. The van der Waals surface area contributed by atoms with Gasteiger partial charge in [-0.05, 0) is 87.8 Å². The van der Waals surface area contributed by atoms with Crippen molar-refractivity contribution in [1.29, 1.82) is 0 Å². The van der Waals surface area contributed by atoms with Crippen molar-refractivity contribution < 1.29 is 103 Å². The van der Waals surface area contributed by atoms with Gasteiger partial charge in [-0.3, -0.25) is 38.9 Å². The molecule has 5 N–H and O–H groups in total. The minimum Gasteiger partial charge on any atom is -0.870 e. The molecule has 0 radical (unpaired) electrons. The van der Waals surface area contributed by atoms with Crippen molar-refractivity contribution in [2.45, 2.75) is 104 Å². The number of nitrogens with two attached hydrogens (primary N) is 1. The number of aromatic nitrogens is 4. The first-order chi connectivity index (χ1) is 43.4. The van der Waals surface area contributed by atoms with Gasteiger partial charge in [0.15, 0.2) is 23.1 Å². The maximum Gasteiger partial charge on any atom is 1.00 e. The van der Waals surface area contributed by atoms with Gasteiger partial charge in [0.25, 0.3) is 11.1 Å². The van der Waals surface area contributed by atoms with Gasteiger partial charge in [0.05, 0.1) is 81.3 Å². The third kappa shape index (κ3) is 19.4. The molecule has 8 rings (SSSR count). The van der Waals surface area contributed by atoms with Gasteiger partial charge in [-0.2, -0.15) is 32.8 Å². The molecule has 2 aromatic heterocycles. The molecule has 0 aliphatic carbocycles. The van der Waals surface area contributed by atoms with Gasteiger partial charge < -0.3 is 41.3 Å². The molecule has 6 aromatic carbocycles. The minimum atomic E-state index is -4.95. The summed E-state index contributed by atoms with van der Waals surface area (Å²) in [7, 11) is 2.45. The number of hydrogen-bond acceptors (Lipinski definition) is 12. The maximum atomic E-state index is 15.6. The fourth-order valence-electron chi connectivity index (χ4n) is 10.4. The molecule has 0 saturated carbocycles. The topological polar surface area (TPSA) is 237 Å². The van der Waals surface area contributed by atoms with E-state index in [1.54, 1.807) is 73.9 Å². The zero-order chi connectivity index (χ0) is 66.3. The number of carbonyl (C=O) groups excluding carboxylic acids is 2. The van der Waals surface area contributed by atoms with Crippen LogP contribution in [-0.2, 0) is 52.9 Å². The molecule has 28 heteroatoms. The fourth-order valence-corrected chi connectivity index (χ4v) is 10.4. The summed E-state index contributed by atoms with van der Waals surface area (Å²) in [6, 6.07) is 29.1. The zero-order valence-electron chi connectivity index (χ0n) is 51.9. The van der Waals surface area contributed by atoms with E-state index in [1.165, 1.54) is 64.5 Å². The van der Waals surface area contributed by atoms with Crippen LogP contribution in [0.1, 0.15) is 96.9 Å². The summed E-state index contributed by atoms with van der Waals surface area (Å²) in [5, 5.41) is 6.42. The van der Waals surface area contributed by atoms with Crippen LogP contribution in [0.2, 0.25) is 0 Å². The van der Waals surface area contributed by atoms with Crippen molar-refractivity contribution in [2.75, 3.05) is 33.9 Å². The van der Waals surface area contributed by atoms with Crippen LogP contribution >= 0.6 is 0 Å². The van der Waals surface area contributed by atoms with Crippen LogP contribution in [0.25, 0.3) is 28.4 Å². The van der Waals surface area contributed by atoms with E-state index in [0.717, 1.165) is 42.5 Å². The van der Waals surface area contributed by atoms with Crippen LogP contribution in [0.4, 0.5) is 43.9 Å². The zero-order valence-corrected chi connectivity index (χ0v) is 53.9. The Morgan fingerprint density at radius 1 is 0.558 bits per heavy atom. The van der Waals surface area contributed by atoms with Crippen molar-refractivity contribution in [1.82, 2.24) is 28.9 Å². The Morgan fingerprint density at radius 3 is 1.29 bits per heavy atom. The van der Waals surface area contributed by atoms with Crippen molar-refractivity contribution in [3.8, 4) is 33.8 Å². The Kier molecular flexibility index (Phi) is 31.0. The monoisotopic (exact) mass is 1350 g/mol. The van der Waals surface area contributed by atoms with Gasteiger partial charge in [-0.15, -0.1) is 0 Å². The normalized spacial score (nSPS) is 11.7. The standard InChI is InChI=1S/C34H34F5N3O5.C32H29F5N3O4.CH4.H2N.Na.H2O/c1-4-47-29(43)17-10-18-40-27(22-11-6-5-7-12-22)20-42-32(44)30(23-13-8-16-28(46-3)31(23)36)21(2)41(33(42)45)19-24-25(34(37,38)39)14-9-15-26(24)35;1-20-28(22-12-8-15-27(44-2)29(22)34)30(42)40(19-26(38-16-6-7-17-41)21-10-4-3-5-11-21)31(43)39(20)18-23-24(32(35,36)37)13-9-14-25(23)33;;;;/h5-9,11-16,27,40H,4,10,17-20H2,1-3H3;3-5,8-15,26,38H,6-7,16,18-19H2,1-2H3;1H4;1H2;;1H2/q;-1;;-1;+1;/p-1/t27-;26-;;;;/m00..../s1. The molecule has 506 valence electrons. The number of unbranched alkanes of at least 4 members (excludes halogenated alkanes) is 1. The van der Waals surface area contributed by atoms with Gasteiger partial charge in [0, 0.05) is 40.1 Å². The van der Waals surface area contributed by atoms with Crippen LogP contribution in [0.15, 0.2) is 153 Å². The third-order valence-corrected chi connectivity index (χ3v) is 15.0. The van der Waals surface area contributed by atoms with Crippen molar-refractivity contribution >= 4 is 12.3 Å². The van der Waals surface area contributed by atoms with E-state index >= 15 is 13.2 Å². The molecule has 0 unspecified atom stereocenters. The summed E-state index contributed by atoms with van der Waals surface area (Å²) < 4.78 is 163. The number of benzene rings is 6. The molecule has 0 spiro atoms. The number of hydrogen-bond donors (Lipinski definition) is 2. The SMILES string of the molecule is C.CCOC(=O)CCCN[C@@H](Cn1c(=O)c(-c2cccc(OC)c2F)c(C)n(Cc2c(F)cccc2C(F)(F)F)c1=O)c1ccccc1.COc1cccc(-c2c(C)n(Cc3c(F)cccc3C(F)(F)F)c(=O)n(C[C@H](NCCC[C-]=O)c3ccccc3)c2=O)c1F.[NH2-].[Na+].[OH-]. The molecule has 0 bridgehead atoms. The number of methoxy groups -OCH3 is 2. The van der Waals surface area contributed by atoms with E-state index in [4.69, 9.17) is 14.2 Å². The minimum absolute atomic E-state index is 0. The quantitative estimate of drug-likeness (QED) is 0.0179. The fraction of sp³-hybridized carbons (Fsp3) is 0.313. The first kappa shape index (κ1) is 80.8. The largest absolute Gasteiger partial charge is 1.00 e. The molecule has 17 nitrogen and oxygen atoms in total. The second-order valence-electron chi connectivity index (χ2n) is 20.7. The van der Waals surface area contributed by atoms with Crippen LogP contribution in [0.3, 0.4) is 0 Å². The Hall–Kier alpha value is -8.44. The molecule has 95 heavy (non-hydrogen) atoms. The second-order valence-corrected chi connectivity index (χ2v) is 20.7. The Bertz CT molecular complexity index is 4130. The Morgan fingerprint density at radius 2 is 0.937 bits per heavy atom. The van der Waals surface area contributed by atoms with E-state index in [9.17, 15) is 59.5 Å². The number of carbonyl (C=O) groups is 1. The number of esters is 1. The molecule has 0 aliphatic rings. The molecule has 2 heterocycles. The van der Waals surface area contributed by atoms with E-state index in [0.29, 0.717) is 42.6 Å². The molecule has 0 fully saturated rings. The first-order valence-corrected chi connectivity index (χ1v) is 28.5. The van der Waals surface area contributed by atoms with Crippen LogP contribution < -0.4 is 72.2 Å². The second kappa shape index (κ2) is 36.4. The van der Waals surface area contributed by atoms with Crippen molar-refractivity contribution in [3.05, 3.63) is 249 Å². The molecule has 0 saturated heterocycles. The maximum absolute atomic E-state index is 15.6. The predicted octanol–water partition coefficient (Wildman–Crippen LogP) is 9.75. The molecular formula is C67H70F10N7NaO10-2. The summed E-state index contributed by atoms with van der Waals surface area (Å²) in [6.45, 7) is 2.66. The summed E-state index contributed by atoms with van der Waals surface area (Å²) in [6.07, 6.45) is -7.06. The number of ether oxygens (including phenoxy) is 3. The summed E-state index contributed by atoms with van der Waals surface area (Å²) >= 11 is 0. The smallest absolute Gasteiger partial charge is 0.870 e. The molecule has 0 amide bonds. The Labute approximate surface area is 562 Å². The molecule has 0 aliphatic heterocycles.